The largest absolute Gasteiger partial charge is 0.477 e. The smallest absolute Gasteiger partial charge is 0.254 e. The van der Waals surface area contributed by atoms with Crippen LogP contribution in [0.4, 0.5) is 8.78 Å². The van der Waals surface area contributed by atoms with Crippen molar-refractivity contribution < 1.29 is 18.3 Å². The monoisotopic (exact) mass is 437 g/mol. The van der Waals surface area contributed by atoms with Crippen LogP contribution in [-0.4, -0.2) is 40.0 Å². The van der Waals surface area contributed by atoms with Crippen LogP contribution in [0.3, 0.4) is 0 Å². The van der Waals surface area contributed by atoms with Gasteiger partial charge in [-0.05, 0) is 56.5 Å². The van der Waals surface area contributed by atoms with Crippen LogP contribution >= 0.6 is 0 Å². The van der Waals surface area contributed by atoms with Gasteiger partial charge in [0.2, 0.25) is 11.8 Å². The number of hydrogen-bond donors (Lipinski definition) is 0. The molecule has 3 heterocycles. The average molecular weight is 437 g/mol. The number of likely N-dealkylation sites (tertiary alicyclic amines) is 1. The Morgan fingerprint density at radius 3 is 2.66 bits per heavy atom. The molecular formula is C25H25F2N3O2. The number of aromatic nitrogens is 2. The minimum Gasteiger partial charge on any atom is -0.477 e. The highest BCUT2D eigenvalue weighted by Crippen LogP contribution is 2.29. The third-order valence-corrected chi connectivity index (χ3v) is 5.85. The van der Waals surface area contributed by atoms with E-state index in [1.807, 2.05) is 36.9 Å². The average Bonchev–Trinajstić information content (AvgIpc) is 2.80. The highest BCUT2D eigenvalue weighted by Gasteiger charge is 2.31. The van der Waals surface area contributed by atoms with E-state index in [1.165, 1.54) is 24.4 Å². The summed E-state index contributed by atoms with van der Waals surface area (Å²) in [4.78, 5) is 23.2. The van der Waals surface area contributed by atoms with E-state index in [-0.39, 0.29) is 17.9 Å². The maximum atomic E-state index is 13.6. The summed E-state index contributed by atoms with van der Waals surface area (Å²) in [6.45, 7) is 4.94. The Labute approximate surface area is 186 Å². The van der Waals surface area contributed by atoms with Crippen LogP contribution in [0.25, 0.3) is 11.1 Å². The number of ether oxygens (including phenoxy) is 1. The molecule has 2 aromatic heterocycles. The van der Waals surface area contributed by atoms with Crippen molar-refractivity contribution in [2.45, 2.75) is 32.7 Å². The van der Waals surface area contributed by atoms with Crippen molar-refractivity contribution in [1.29, 1.82) is 0 Å². The molecule has 32 heavy (non-hydrogen) atoms. The van der Waals surface area contributed by atoms with Gasteiger partial charge in [0.05, 0.1) is 12.8 Å². The minimum absolute atomic E-state index is 0.0647. The van der Waals surface area contributed by atoms with Crippen LogP contribution in [0, 0.1) is 24.6 Å². The lowest BCUT2D eigenvalue weighted by Gasteiger charge is -2.38. The van der Waals surface area contributed by atoms with Gasteiger partial charge in [-0.25, -0.2) is 14.4 Å². The molecule has 0 saturated carbocycles. The maximum Gasteiger partial charge on any atom is 0.254 e. The number of halogens is 2. The molecule has 166 valence electrons. The van der Waals surface area contributed by atoms with Gasteiger partial charge in [0.15, 0.2) is 0 Å². The lowest BCUT2D eigenvalue weighted by Crippen LogP contribution is -2.47. The standard InChI is InChI=1S/C25H25F2N3O2/c1-16-3-8-21(19-6-9-23(27)28-12-19)22(11-16)25(31)30-14-18(5-4-17(30)2)15-32-24-10-7-20(26)13-29-24/h3,6-13,17-18H,4-5,14-15H2,1-2H3/t17-,18-/m1/s1. The summed E-state index contributed by atoms with van der Waals surface area (Å²) in [7, 11) is 0. The second kappa shape index (κ2) is 9.42. The SMILES string of the molecule is Cc1ccc(-c2ccc(F)nc2)c(C(=O)N2C[C@H](COc3ccc(F)cn3)CC[C@H]2C)c1. The number of carbonyl (C=O) groups is 1. The molecule has 5 nitrogen and oxygen atoms in total. The Morgan fingerprint density at radius 2 is 1.94 bits per heavy atom. The molecule has 0 radical (unpaired) electrons. The highest BCUT2D eigenvalue weighted by atomic mass is 19.1. The van der Waals surface area contributed by atoms with Gasteiger partial charge in [-0.15, -0.1) is 0 Å². The number of aryl methyl sites for hydroxylation is 1. The highest BCUT2D eigenvalue weighted by molar-refractivity contribution is 6.01. The fraction of sp³-hybridized carbons (Fsp3) is 0.320. The number of amides is 1. The summed E-state index contributed by atoms with van der Waals surface area (Å²) in [5.74, 6) is -0.525. The van der Waals surface area contributed by atoms with E-state index in [0.717, 1.165) is 30.2 Å². The zero-order chi connectivity index (χ0) is 22.7. The van der Waals surface area contributed by atoms with Gasteiger partial charge < -0.3 is 9.64 Å². The van der Waals surface area contributed by atoms with Crippen LogP contribution in [0.1, 0.15) is 35.7 Å². The van der Waals surface area contributed by atoms with Gasteiger partial charge >= 0.3 is 0 Å². The normalized spacial score (nSPS) is 18.4. The molecule has 0 unspecified atom stereocenters. The Kier molecular flexibility index (Phi) is 6.44. The van der Waals surface area contributed by atoms with Crippen LogP contribution in [-0.2, 0) is 0 Å². The Morgan fingerprint density at radius 1 is 1.09 bits per heavy atom. The second-order valence-corrected chi connectivity index (χ2v) is 8.29. The van der Waals surface area contributed by atoms with Gasteiger partial charge in [-0.2, -0.15) is 4.39 Å². The van der Waals surface area contributed by atoms with E-state index >= 15 is 0 Å². The Hall–Kier alpha value is -3.35. The van der Waals surface area contributed by atoms with E-state index in [1.54, 1.807) is 6.07 Å². The molecule has 1 aliphatic heterocycles. The van der Waals surface area contributed by atoms with Crippen molar-refractivity contribution in [2.75, 3.05) is 13.2 Å². The van der Waals surface area contributed by atoms with E-state index in [0.29, 0.717) is 30.2 Å². The number of rotatable bonds is 5. The first kappa shape index (κ1) is 21.9. The van der Waals surface area contributed by atoms with Crippen molar-refractivity contribution in [1.82, 2.24) is 14.9 Å². The molecule has 1 amide bonds. The van der Waals surface area contributed by atoms with Gasteiger partial charge in [-0.3, -0.25) is 4.79 Å². The molecule has 2 atom stereocenters. The predicted molar refractivity (Wildman–Crippen MR) is 117 cm³/mol. The predicted octanol–water partition coefficient (Wildman–Crippen LogP) is 5.05. The maximum absolute atomic E-state index is 13.6. The van der Waals surface area contributed by atoms with Crippen molar-refractivity contribution in [3.8, 4) is 17.0 Å². The summed E-state index contributed by atoms with van der Waals surface area (Å²) in [6, 6.07) is 11.5. The van der Waals surface area contributed by atoms with Gasteiger partial charge in [-0.1, -0.05) is 17.7 Å². The Bertz CT molecular complexity index is 1090. The third kappa shape index (κ3) is 4.93. The number of piperidine rings is 1. The van der Waals surface area contributed by atoms with Crippen molar-refractivity contribution in [2.24, 2.45) is 5.92 Å². The van der Waals surface area contributed by atoms with Gasteiger partial charge in [0.1, 0.15) is 5.82 Å². The van der Waals surface area contributed by atoms with Gasteiger partial charge in [0.25, 0.3) is 5.91 Å². The summed E-state index contributed by atoms with van der Waals surface area (Å²) < 4.78 is 32.1. The second-order valence-electron chi connectivity index (χ2n) is 8.29. The molecule has 1 fully saturated rings. The topological polar surface area (TPSA) is 55.3 Å². The first-order valence-electron chi connectivity index (χ1n) is 10.7. The van der Waals surface area contributed by atoms with Crippen LogP contribution < -0.4 is 4.74 Å². The first-order valence-corrected chi connectivity index (χ1v) is 10.7. The van der Waals surface area contributed by atoms with Crippen molar-refractivity contribution in [3.63, 3.8) is 0 Å². The number of carbonyl (C=O) groups excluding carboxylic acids is 1. The molecule has 3 aromatic rings. The number of hydrogen-bond acceptors (Lipinski definition) is 4. The molecule has 0 N–H and O–H groups in total. The van der Waals surface area contributed by atoms with E-state index in [9.17, 15) is 13.6 Å². The third-order valence-electron chi connectivity index (χ3n) is 5.85. The first-order chi connectivity index (χ1) is 15.4. The number of benzene rings is 1. The lowest BCUT2D eigenvalue weighted by atomic mass is 9.91. The fourth-order valence-electron chi connectivity index (χ4n) is 4.03. The molecular weight excluding hydrogens is 412 g/mol. The molecule has 0 bridgehead atoms. The fourth-order valence-corrected chi connectivity index (χ4v) is 4.03. The molecule has 4 rings (SSSR count). The van der Waals surface area contributed by atoms with Crippen LogP contribution in [0.15, 0.2) is 54.9 Å². The Balaban J connectivity index is 1.53. The van der Waals surface area contributed by atoms with E-state index in [2.05, 4.69) is 9.97 Å². The minimum atomic E-state index is -0.558. The zero-order valence-corrected chi connectivity index (χ0v) is 18.1. The molecule has 0 aliphatic carbocycles. The molecule has 1 aliphatic rings. The summed E-state index contributed by atoms with van der Waals surface area (Å²) in [5, 5.41) is 0. The molecule has 0 spiro atoms. The quantitative estimate of drug-likeness (QED) is 0.524. The molecule has 1 aromatic carbocycles. The molecule has 7 heteroatoms. The van der Waals surface area contributed by atoms with Crippen molar-refractivity contribution in [3.05, 3.63) is 77.8 Å². The lowest BCUT2D eigenvalue weighted by molar-refractivity contribution is 0.0503. The number of nitrogens with zero attached hydrogens (tertiary/aromatic N) is 3. The summed E-state index contributed by atoms with van der Waals surface area (Å²) in [6.07, 6.45) is 4.35. The van der Waals surface area contributed by atoms with Gasteiger partial charge in [0, 0.05) is 41.9 Å². The summed E-state index contributed by atoms with van der Waals surface area (Å²) >= 11 is 0. The van der Waals surface area contributed by atoms with E-state index in [4.69, 9.17) is 4.74 Å². The van der Waals surface area contributed by atoms with Crippen LogP contribution in [0.5, 0.6) is 5.88 Å². The van der Waals surface area contributed by atoms with Crippen LogP contribution in [0.2, 0.25) is 0 Å². The summed E-state index contributed by atoms with van der Waals surface area (Å²) in [5.41, 5.74) is 2.97. The van der Waals surface area contributed by atoms with E-state index < -0.39 is 11.8 Å². The number of pyridine rings is 2. The zero-order valence-electron chi connectivity index (χ0n) is 18.1. The van der Waals surface area contributed by atoms with Crippen molar-refractivity contribution >= 4 is 5.91 Å². The molecule has 1 saturated heterocycles.